The Kier molecular flexibility index (Phi) is 6.28. The van der Waals surface area contributed by atoms with E-state index in [0.29, 0.717) is 17.8 Å². The molecule has 2 aromatic rings. The average Bonchev–Trinajstić information content (AvgIpc) is 3.17. The Balaban J connectivity index is 1.55. The van der Waals surface area contributed by atoms with Crippen LogP contribution < -0.4 is 0 Å². The number of benzene rings is 1. The van der Waals surface area contributed by atoms with Gasteiger partial charge in [0.25, 0.3) is 5.69 Å². The second-order valence-electron chi connectivity index (χ2n) is 6.25. The van der Waals surface area contributed by atoms with Gasteiger partial charge in [-0.2, -0.15) is 0 Å². The van der Waals surface area contributed by atoms with E-state index in [2.05, 4.69) is 10.3 Å². The lowest BCUT2D eigenvalue weighted by atomic mass is 9.99. The molecule has 0 saturated carbocycles. The monoisotopic (exact) mass is 396 g/mol. The first kappa shape index (κ1) is 20.3. The van der Waals surface area contributed by atoms with Gasteiger partial charge in [0.1, 0.15) is 24.4 Å². The minimum absolute atomic E-state index is 0.0305. The second-order valence-corrected chi connectivity index (χ2v) is 6.25. The van der Waals surface area contributed by atoms with Crippen LogP contribution in [0.25, 0.3) is 5.69 Å². The van der Waals surface area contributed by atoms with Crippen molar-refractivity contribution in [1.29, 1.82) is 0 Å². The highest BCUT2D eigenvalue weighted by Crippen LogP contribution is 2.22. The largest absolute Gasteiger partial charge is 0.394 e. The Bertz CT molecular complexity index is 796. The quantitative estimate of drug-likeness (QED) is 0.320. The van der Waals surface area contributed by atoms with Gasteiger partial charge in [-0.1, -0.05) is 5.21 Å². The summed E-state index contributed by atoms with van der Waals surface area (Å²) in [5.74, 6) is 0. The van der Waals surface area contributed by atoms with Gasteiger partial charge in [0, 0.05) is 18.6 Å². The van der Waals surface area contributed by atoms with Gasteiger partial charge in [-0.15, -0.1) is 5.10 Å². The predicted octanol–water partition coefficient (Wildman–Crippen LogP) is -1.47. The Hall–Kier alpha value is -2.48. The van der Waals surface area contributed by atoms with Crippen LogP contribution in [-0.4, -0.2) is 84.3 Å². The fraction of sp³-hybridized carbons (Fsp3) is 0.500. The van der Waals surface area contributed by atoms with Crippen molar-refractivity contribution >= 4 is 5.69 Å². The first-order valence-corrected chi connectivity index (χ1v) is 8.49. The van der Waals surface area contributed by atoms with E-state index in [0.717, 1.165) is 0 Å². The third-order valence-electron chi connectivity index (χ3n) is 4.35. The molecule has 152 valence electrons. The van der Waals surface area contributed by atoms with Gasteiger partial charge in [-0.25, -0.2) is 4.68 Å². The van der Waals surface area contributed by atoms with Crippen LogP contribution in [0, 0.1) is 10.1 Å². The summed E-state index contributed by atoms with van der Waals surface area (Å²) in [6, 6.07) is 5.81. The van der Waals surface area contributed by atoms with Crippen molar-refractivity contribution in [2.75, 3.05) is 13.2 Å². The topological polar surface area (TPSA) is 173 Å². The van der Waals surface area contributed by atoms with E-state index in [1.807, 2.05) is 0 Å². The lowest BCUT2D eigenvalue weighted by Gasteiger charge is -2.39. The molecule has 0 radical (unpaired) electrons. The van der Waals surface area contributed by atoms with Gasteiger partial charge < -0.3 is 29.9 Å². The molecule has 1 saturated heterocycles. The molecule has 1 aromatic carbocycles. The van der Waals surface area contributed by atoms with Crippen molar-refractivity contribution < 1.29 is 34.8 Å². The summed E-state index contributed by atoms with van der Waals surface area (Å²) in [6.07, 6.45) is -4.72. The fourth-order valence-corrected chi connectivity index (χ4v) is 2.75. The molecule has 2 heterocycles. The van der Waals surface area contributed by atoms with Crippen LogP contribution in [0.3, 0.4) is 0 Å². The van der Waals surface area contributed by atoms with Gasteiger partial charge in [0.15, 0.2) is 6.29 Å². The van der Waals surface area contributed by atoms with Crippen molar-refractivity contribution in [3.05, 3.63) is 46.3 Å². The first-order valence-electron chi connectivity index (χ1n) is 8.49. The van der Waals surface area contributed by atoms with Gasteiger partial charge in [-0.05, 0) is 12.1 Å². The number of rotatable bonds is 7. The molecule has 1 aromatic heterocycles. The van der Waals surface area contributed by atoms with Crippen LogP contribution in [0.4, 0.5) is 5.69 Å². The Morgan fingerprint density at radius 1 is 1.18 bits per heavy atom. The molecule has 12 nitrogen and oxygen atoms in total. The summed E-state index contributed by atoms with van der Waals surface area (Å²) in [5, 5.41) is 57.1. The molecule has 0 aliphatic carbocycles. The molecule has 5 atom stereocenters. The highest BCUT2D eigenvalue weighted by Gasteiger charge is 2.43. The molecule has 28 heavy (non-hydrogen) atoms. The highest BCUT2D eigenvalue weighted by atomic mass is 16.7. The molecule has 0 amide bonds. The molecule has 4 N–H and O–H groups in total. The zero-order valence-corrected chi connectivity index (χ0v) is 14.6. The Morgan fingerprint density at radius 3 is 2.54 bits per heavy atom. The SMILES string of the molecule is O=[N+]([O-])c1ccc(-n2cc(CCO[C@H]3O[C@H](CO)[C@@H](O)[C@H](O)[C@@H]3O)nn2)cc1. The third kappa shape index (κ3) is 4.32. The van der Waals surface area contributed by atoms with E-state index in [1.165, 1.54) is 16.8 Å². The number of hydrogen-bond donors (Lipinski definition) is 4. The third-order valence-corrected chi connectivity index (χ3v) is 4.35. The van der Waals surface area contributed by atoms with E-state index in [1.54, 1.807) is 18.3 Å². The fourth-order valence-electron chi connectivity index (χ4n) is 2.75. The maximum Gasteiger partial charge on any atom is 0.269 e. The molecule has 0 spiro atoms. The van der Waals surface area contributed by atoms with Crippen LogP contribution in [0.1, 0.15) is 5.69 Å². The maximum atomic E-state index is 10.7. The van der Waals surface area contributed by atoms with Gasteiger partial charge in [0.2, 0.25) is 0 Å². The van der Waals surface area contributed by atoms with Gasteiger partial charge >= 0.3 is 0 Å². The molecule has 0 bridgehead atoms. The number of non-ortho nitro benzene ring substituents is 1. The summed E-state index contributed by atoms with van der Waals surface area (Å²) < 4.78 is 12.1. The number of nitro groups is 1. The molecule has 0 unspecified atom stereocenters. The molecular weight excluding hydrogens is 376 g/mol. The van der Waals surface area contributed by atoms with Gasteiger partial charge in [-0.3, -0.25) is 10.1 Å². The summed E-state index contributed by atoms with van der Waals surface area (Å²) in [5.41, 5.74) is 1.12. The van der Waals surface area contributed by atoms with E-state index < -0.39 is 42.2 Å². The number of hydrogen-bond acceptors (Lipinski definition) is 10. The molecule has 1 fully saturated rings. The summed E-state index contributed by atoms with van der Waals surface area (Å²) >= 11 is 0. The highest BCUT2D eigenvalue weighted by molar-refractivity contribution is 5.40. The number of aromatic nitrogens is 3. The number of aliphatic hydroxyl groups is 4. The van der Waals surface area contributed by atoms with Crippen LogP contribution in [0.5, 0.6) is 0 Å². The Labute approximate surface area is 158 Å². The number of aliphatic hydroxyl groups excluding tert-OH is 4. The standard InChI is InChI=1S/C16H20N4O8/c21-8-12-13(22)14(23)15(24)16(28-12)27-6-5-9-7-19(18-17-9)10-1-3-11(4-2-10)20(25)26/h1-4,7,12-16,21-24H,5-6,8H2/t12-,13-,14+,15+,16+/m1/s1. The van der Waals surface area contributed by atoms with Crippen LogP contribution in [0.15, 0.2) is 30.5 Å². The number of nitro benzene ring substituents is 1. The van der Waals surface area contributed by atoms with Crippen LogP contribution in [0.2, 0.25) is 0 Å². The van der Waals surface area contributed by atoms with Crippen LogP contribution >= 0.6 is 0 Å². The number of nitrogens with zero attached hydrogens (tertiary/aromatic N) is 4. The minimum Gasteiger partial charge on any atom is -0.394 e. The van der Waals surface area contributed by atoms with E-state index in [-0.39, 0.29) is 12.3 Å². The molecule has 12 heteroatoms. The van der Waals surface area contributed by atoms with Crippen LogP contribution in [-0.2, 0) is 15.9 Å². The van der Waals surface area contributed by atoms with Crippen molar-refractivity contribution in [1.82, 2.24) is 15.0 Å². The average molecular weight is 396 g/mol. The zero-order chi connectivity index (χ0) is 20.3. The summed E-state index contributed by atoms with van der Waals surface area (Å²) in [7, 11) is 0. The normalized spacial score (nSPS) is 27.6. The second kappa shape index (κ2) is 8.68. The van der Waals surface area contributed by atoms with E-state index >= 15 is 0 Å². The molecule has 1 aliphatic heterocycles. The smallest absolute Gasteiger partial charge is 0.269 e. The van der Waals surface area contributed by atoms with Crippen molar-refractivity contribution in [2.45, 2.75) is 37.1 Å². The number of ether oxygens (including phenoxy) is 2. The molecular formula is C16H20N4O8. The minimum atomic E-state index is -1.50. The lowest BCUT2D eigenvalue weighted by molar-refractivity contribution is -0.384. The van der Waals surface area contributed by atoms with Crippen molar-refractivity contribution in [2.24, 2.45) is 0 Å². The zero-order valence-electron chi connectivity index (χ0n) is 14.6. The predicted molar refractivity (Wildman–Crippen MR) is 91.4 cm³/mol. The van der Waals surface area contributed by atoms with Crippen molar-refractivity contribution in [3.8, 4) is 5.69 Å². The lowest BCUT2D eigenvalue weighted by Crippen LogP contribution is -2.59. The molecule has 1 aliphatic rings. The van der Waals surface area contributed by atoms with Gasteiger partial charge in [0.05, 0.1) is 35.7 Å². The first-order chi connectivity index (χ1) is 13.4. The molecule has 3 rings (SSSR count). The Morgan fingerprint density at radius 2 is 1.89 bits per heavy atom. The summed E-state index contributed by atoms with van der Waals surface area (Å²) in [6.45, 7) is -0.462. The van der Waals surface area contributed by atoms with E-state index in [4.69, 9.17) is 14.6 Å². The van der Waals surface area contributed by atoms with Crippen molar-refractivity contribution in [3.63, 3.8) is 0 Å². The summed E-state index contributed by atoms with van der Waals surface area (Å²) in [4.78, 5) is 10.2. The van der Waals surface area contributed by atoms with E-state index in [9.17, 15) is 25.4 Å². The maximum absolute atomic E-state index is 10.7.